The quantitative estimate of drug-likeness (QED) is 0.107. The van der Waals surface area contributed by atoms with Crippen molar-refractivity contribution in [2.75, 3.05) is 44.6 Å². The smallest absolute Gasteiger partial charge is 0.435 e. The van der Waals surface area contributed by atoms with E-state index in [9.17, 15) is 36.3 Å². The summed E-state index contributed by atoms with van der Waals surface area (Å²) in [4.78, 5) is 48.5. The van der Waals surface area contributed by atoms with Crippen LogP contribution < -0.4 is 16.4 Å². The minimum atomic E-state index is -4.92. The number of hydrogen-bond donors (Lipinski definition) is 3. The lowest BCUT2D eigenvalue weighted by Crippen LogP contribution is -2.56. The fourth-order valence-corrected chi connectivity index (χ4v) is 5.52. The summed E-state index contributed by atoms with van der Waals surface area (Å²) in [6.45, 7) is 0.802. The number of ether oxygens (including phenoxy) is 1. The Morgan fingerprint density at radius 3 is 2.55 bits per heavy atom. The molecule has 0 spiro atoms. The summed E-state index contributed by atoms with van der Waals surface area (Å²) in [6.07, 6.45) is -3.71. The van der Waals surface area contributed by atoms with Gasteiger partial charge >= 0.3 is 6.18 Å². The minimum absolute atomic E-state index is 0.0522. The van der Waals surface area contributed by atoms with Gasteiger partial charge in [-0.05, 0) is 31.2 Å². The second-order valence-corrected chi connectivity index (χ2v) is 11.2. The number of benzene rings is 1. The first-order valence-corrected chi connectivity index (χ1v) is 15.2. The zero-order chi connectivity index (χ0) is 35.3. The molecule has 1 aliphatic rings. The number of nitrogens with two attached hydrogens (primary N) is 1. The first-order chi connectivity index (χ1) is 23.4. The number of halogens is 6. The molecule has 1 unspecified atom stereocenters. The number of nitrogens with zero attached hydrogens (tertiary/aromatic N) is 7. The lowest BCUT2D eigenvalue weighted by atomic mass is 10.1. The van der Waals surface area contributed by atoms with E-state index in [0.29, 0.717) is 29.9 Å². The number of carbonyl (C=O) groups is 3. The summed E-state index contributed by atoms with van der Waals surface area (Å²) < 4.78 is 73.9. The van der Waals surface area contributed by atoms with E-state index in [4.69, 9.17) is 22.1 Å². The molecule has 5 rings (SSSR count). The molecule has 1 fully saturated rings. The minimum Gasteiger partial charge on any atom is -0.439 e. The van der Waals surface area contributed by atoms with Gasteiger partial charge in [0.05, 0.1) is 28.0 Å². The molecule has 0 aliphatic carbocycles. The highest BCUT2D eigenvalue weighted by Crippen LogP contribution is 2.37. The molecular weight excluding hydrogens is 683 g/mol. The lowest BCUT2D eigenvalue weighted by molar-refractivity contribution is -0.159. The SMILES string of the molecule is NCCCNC(=O)C(OC=O)N1CCN(C(=O)c2ccc(Nc3nccn4c(-c5cn(CC(F)F)nc5C(F)(F)F)cnc34)cc2Cl)CC1. The molecule has 4 aromatic rings. The van der Waals surface area contributed by atoms with Crippen molar-refractivity contribution in [3.63, 3.8) is 0 Å². The molecule has 4 heterocycles. The molecule has 0 radical (unpaired) electrons. The molecule has 1 aliphatic heterocycles. The molecule has 0 bridgehead atoms. The van der Waals surface area contributed by atoms with Crippen LogP contribution in [0, 0.1) is 0 Å². The molecule has 0 saturated carbocycles. The van der Waals surface area contributed by atoms with Crippen molar-refractivity contribution in [3.05, 3.63) is 59.3 Å². The van der Waals surface area contributed by atoms with Crippen molar-refractivity contribution >= 4 is 47.0 Å². The standard InChI is InChI=1S/C29H30ClF5N10O4/c30-20-12-17(2-3-18(20)27(48)42-8-10-43(11-9-42)28(49-16-46)26(47)38-5-1-4-36)40-24-25-39-13-21(45(25)7-6-37-24)19-14-44(15-22(31)32)41-23(19)29(33,34)35/h2-3,6-7,12-14,16,22,28H,1,4-5,8-11,15,36H2,(H,37,40)(H,38,47). The van der Waals surface area contributed by atoms with Crippen molar-refractivity contribution in [2.45, 2.75) is 31.8 Å². The molecule has 20 heteroatoms. The van der Waals surface area contributed by atoms with Gasteiger partial charge in [0.15, 0.2) is 17.2 Å². The maximum atomic E-state index is 13.8. The highest BCUT2D eigenvalue weighted by molar-refractivity contribution is 6.34. The third-order valence-electron chi connectivity index (χ3n) is 7.54. The number of amides is 2. The first kappa shape index (κ1) is 35.4. The van der Waals surface area contributed by atoms with Crippen molar-refractivity contribution < 1.29 is 41.1 Å². The molecule has 14 nitrogen and oxygen atoms in total. The van der Waals surface area contributed by atoms with E-state index < -0.39 is 42.5 Å². The van der Waals surface area contributed by atoms with Crippen molar-refractivity contribution in [2.24, 2.45) is 5.73 Å². The van der Waals surface area contributed by atoms with Crippen LogP contribution in [-0.2, 0) is 27.0 Å². The summed E-state index contributed by atoms with van der Waals surface area (Å²) >= 11 is 6.50. The molecule has 1 aromatic carbocycles. The van der Waals surface area contributed by atoms with E-state index in [-0.39, 0.29) is 66.3 Å². The Hall–Kier alpha value is -4.88. The van der Waals surface area contributed by atoms with Crippen LogP contribution in [0.25, 0.3) is 16.9 Å². The van der Waals surface area contributed by atoms with Crippen molar-refractivity contribution in [3.8, 4) is 11.3 Å². The summed E-state index contributed by atoms with van der Waals surface area (Å²) in [5.74, 6) is -0.731. The van der Waals surface area contributed by atoms with Crippen LogP contribution >= 0.6 is 11.6 Å². The van der Waals surface area contributed by atoms with Crippen LogP contribution in [0.4, 0.5) is 33.5 Å². The number of imidazole rings is 1. The van der Waals surface area contributed by atoms with Gasteiger partial charge in [0.2, 0.25) is 6.23 Å². The number of rotatable bonds is 13. The van der Waals surface area contributed by atoms with Gasteiger partial charge in [-0.2, -0.15) is 18.3 Å². The lowest BCUT2D eigenvalue weighted by Gasteiger charge is -2.37. The molecular formula is C29H30ClF5N10O4. The normalized spacial score (nSPS) is 14.7. The molecule has 262 valence electrons. The Labute approximate surface area is 280 Å². The Morgan fingerprint density at radius 1 is 1.14 bits per heavy atom. The van der Waals surface area contributed by atoms with Crippen LogP contribution in [0.1, 0.15) is 22.5 Å². The summed E-state index contributed by atoms with van der Waals surface area (Å²) in [7, 11) is 0. The van der Waals surface area contributed by atoms with Gasteiger partial charge in [0.25, 0.3) is 24.7 Å². The number of piperazine rings is 1. The van der Waals surface area contributed by atoms with Gasteiger partial charge < -0.3 is 26.0 Å². The van der Waals surface area contributed by atoms with E-state index in [1.807, 2.05) is 0 Å². The fourth-order valence-electron chi connectivity index (χ4n) is 5.26. The van der Waals surface area contributed by atoms with E-state index in [2.05, 4.69) is 25.7 Å². The second kappa shape index (κ2) is 15.1. The number of hydrogen-bond acceptors (Lipinski definition) is 10. The number of carbonyl (C=O) groups excluding carboxylic acids is 3. The molecule has 4 N–H and O–H groups in total. The van der Waals surface area contributed by atoms with Crippen molar-refractivity contribution in [1.29, 1.82) is 0 Å². The second-order valence-electron chi connectivity index (χ2n) is 10.8. The highest BCUT2D eigenvalue weighted by Gasteiger charge is 2.39. The number of aromatic nitrogens is 5. The van der Waals surface area contributed by atoms with Gasteiger partial charge in [-0.3, -0.25) is 28.4 Å². The van der Waals surface area contributed by atoms with Crippen molar-refractivity contribution in [1.82, 2.24) is 39.3 Å². The number of alkyl halides is 5. The predicted octanol–water partition coefficient (Wildman–Crippen LogP) is 3.00. The predicted molar refractivity (Wildman–Crippen MR) is 165 cm³/mol. The summed E-state index contributed by atoms with van der Waals surface area (Å²) in [5.41, 5.74) is 4.30. The Balaban J connectivity index is 1.29. The summed E-state index contributed by atoms with van der Waals surface area (Å²) in [5, 5.41) is 9.08. The Kier molecular flexibility index (Phi) is 10.9. The van der Waals surface area contributed by atoms with Crippen LogP contribution in [0.2, 0.25) is 5.02 Å². The number of anilines is 2. The zero-order valence-corrected chi connectivity index (χ0v) is 26.3. The molecule has 49 heavy (non-hydrogen) atoms. The average Bonchev–Trinajstić information content (AvgIpc) is 3.68. The third kappa shape index (κ3) is 8.06. The van der Waals surface area contributed by atoms with Gasteiger partial charge in [-0.1, -0.05) is 11.6 Å². The molecule has 1 atom stereocenters. The highest BCUT2D eigenvalue weighted by atomic mass is 35.5. The van der Waals surface area contributed by atoms with Crippen LogP contribution in [0.3, 0.4) is 0 Å². The maximum Gasteiger partial charge on any atom is 0.435 e. The number of nitrogens with one attached hydrogen (secondary N) is 2. The van der Waals surface area contributed by atoms with Crippen LogP contribution in [0.15, 0.2) is 43.0 Å². The first-order valence-electron chi connectivity index (χ1n) is 14.8. The third-order valence-corrected chi connectivity index (χ3v) is 7.86. The van der Waals surface area contributed by atoms with E-state index in [1.165, 1.54) is 28.9 Å². The molecule has 1 saturated heterocycles. The largest absolute Gasteiger partial charge is 0.439 e. The maximum absolute atomic E-state index is 13.8. The van der Waals surface area contributed by atoms with E-state index >= 15 is 0 Å². The van der Waals surface area contributed by atoms with Gasteiger partial charge in [0.1, 0.15) is 6.54 Å². The summed E-state index contributed by atoms with van der Waals surface area (Å²) in [6, 6.07) is 4.52. The van der Waals surface area contributed by atoms with Gasteiger partial charge in [-0.25, -0.2) is 18.7 Å². The van der Waals surface area contributed by atoms with Gasteiger partial charge in [0, 0.05) is 57.0 Å². The van der Waals surface area contributed by atoms with Crippen LogP contribution in [-0.4, -0.2) is 104 Å². The Bertz CT molecular complexity index is 1810. The monoisotopic (exact) mass is 712 g/mol. The van der Waals surface area contributed by atoms with E-state index in [1.54, 1.807) is 15.9 Å². The Morgan fingerprint density at radius 2 is 1.90 bits per heavy atom. The topological polar surface area (TPSA) is 165 Å². The molecule has 2 amide bonds. The molecule has 3 aromatic heterocycles. The zero-order valence-electron chi connectivity index (χ0n) is 25.5. The van der Waals surface area contributed by atoms with Gasteiger partial charge in [-0.15, -0.1) is 0 Å². The average molecular weight is 713 g/mol. The number of fused-ring (bicyclic) bond motifs is 1. The van der Waals surface area contributed by atoms with E-state index in [0.717, 1.165) is 12.4 Å². The fraction of sp³-hybridized carbons (Fsp3) is 0.379. The van der Waals surface area contributed by atoms with Crippen LogP contribution in [0.5, 0.6) is 0 Å².